The van der Waals surface area contributed by atoms with Crippen LogP contribution in [0.25, 0.3) is 33.3 Å². The van der Waals surface area contributed by atoms with Gasteiger partial charge < -0.3 is 18.8 Å². The summed E-state index contributed by atoms with van der Waals surface area (Å²) >= 11 is 0. The number of benzene rings is 4. The summed E-state index contributed by atoms with van der Waals surface area (Å²) in [6, 6.07) is 23.3. The van der Waals surface area contributed by atoms with E-state index in [0.717, 1.165) is 129 Å². The molecule has 0 saturated heterocycles. The molecule has 0 unspecified atom stereocenters. The molecule has 3 aromatic rings. The molecule has 0 radical (unpaired) electrons. The molecule has 0 spiro atoms. The van der Waals surface area contributed by atoms with E-state index >= 15 is 0 Å². The van der Waals surface area contributed by atoms with Crippen LogP contribution in [0.4, 0.5) is 11.4 Å². The van der Waals surface area contributed by atoms with E-state index in [-0.39, 0.29) is 18.0 Å². The van der Waals surface area contributed by atoms with Crippen LogP contribution in [0.2, 0.25) is 0 Å². The number of unbranched alkanes of at least 4 members (excludes halogenated alkanes) is 9. The third kappa shape index (κ3) is 11.6. The zero-order valence-corrected chi connectivity index (χ0v) is 32.2. The Morgan fingerprint density at radius 3 is 2.11 bits per heavy atom. The molecule has 1 heterocycles. The van der Waals surface area contributed by atoms with Gasteiger partial charge in [-0.2, -0.15) is 0 Å². The number of nitrogens with zero attached hydrogens (tertiary/aromatic N) is 3. The van der Waals surface area contributed by atoms with Crippen LogP contribution in [0.15, 0.2) is 82.2 Å². The van der Waals surface area contributed by atoms with E-state index in [1.54, 1.807) is 12.1 Å². The Morgan fingerprint density at radius 2 is 1.43 bits per heavy atom. The van der Waals surface area contributed by atoms with E-state index in [0.29, 0.717) is 29.9 Å². The number of rotatable bonds is 21. The highest BCUT2D eigenvalue weighted by molar-refractivity contribution is 5.96. The molecule has 0 aromatic heterocycles. The Balaban J connectivity index is 1.04. The number of hydrogen-bond acceptors (Lipinski definition) is 8. The molecular weight excluding hydrogens is 663 g/mol. The van der Waals surface area contributed by atoms with Crippen molar-refractivity contribution in [3.05, 3.63) is 83.7 Å². The molecule has 0 N–H and O–H groups in total. The first-order valence-electron chi connectivity index (χ1n) is 19.8. The monoisotopic (exact) mass is 719 g/mol. The molecule has 0 atom stereocenters. The number of aromatic nitrogens is 1. The van der Waals surface area contributed by atoms with Crippen LogP contribution in [0.3, 0.4) is 0 Å². The number of ether oxygens (including phenoxy) is 2. The second kappa shape index (κ2) is 20.5. The quantitative estimate of drug-likeness (QED) is 0.0322. The standard InChI is InChI=1S/C45H57N3O5/c1-5-7-19-36(20-8-6-2)52-43(49)23-15-13-11-9-10-12-14-18-30-51-45(50)33-24-26-34(27-25-33)46-40-32-42-44(38-22-17-16-21-37(38)40)47-39-29-28-35(48(3)4)31-41(39)53-42/h16-17,21-22,24-29,31-32,36H,5-15,18-20,23,30H2,1-4H3/b46-40+. The van der Waals surface area contributed by atoms with Crippen molar-refractivity contribution in [3.8, 4) is 11.5 Å². The second-order valence-electron chi connectivity index (χ2n) is 14.3. The van der Waals surface area contributed by atoms with Gasteiger partial charge in [-0.05, 0) is 62.1 Å². The Bertz CT molecular complexity index is 1940. The minimum Gasteiger partial charge on any atom is -0.462 e. The van der Waals surface area contributed by atoms with E-state index in [1.165, 1.54) is 0 Å². The SMILES string of the molecule is CCCCC(CCCC)OC(=O)CCCCCCCCCCOC(=O)c1ccc(/N=c2\cc3oc4cc(N(C)C)ccc4nc-3c3ccccc23)cc1. The molecule has 53 heavy (non-hydrogen) atoms. The highest BCUT2D eigenvalue weighted by Gasteiger charge is 2.16. The molecule has 1 aliphatic heterocycles. The largest absolute Gasteiger partial charge is 0.462 e. The van der Waals surface area contributed by atoms with E-state index in [9.17, 15) is 9.59 Å². The lowest BCUT2D eigenvalue weighted by atomic mass is 10.0. The number of esters is 2. The smallest absolute Gasteiger partial charge is 0.338 e. The molecule has 0 saturated carbocycles. The predicted octanol–water partition coefficient (Wildman–Crippen LogP) is 11.3. The lowest BCUT2D eigenvalue weighted by Crippen LogP contribution is -2.18. The summed E-state index contributed by atoms with van der Waals surface area (Å²) < 4.78 is 17.7. The molecule has 0 fully saturated rings. The lowest BCUT2D eigenvalue weighted by Gasteiger charge is -2.17. The Kier molecular flexibility index (Phi) is 15.3. The first kappa shape index (κ1) is 39.5. The first-order valence-corrected chi connectivity index (χ1v) is 19.8. The molecule has 8 heteroatoms. The maximum atomic E-state index is 12.7. The minimum absolute atomic E-state index is 0.0277. The van der Waals surface area contributed by atoms with Gasteiger partial charge in [-0.25, -0.2) is 14.8 Å². The van der Waals surface area contributed by atoms with Crippen LogP contribution < -0.4 is 10.3 Å². The predicted molar refractivity (Wildman–Crippen MR) is 215 cm³/mol. The highest BCUT2D eigenvalue weighted by Crippen LogP contribution is 2.32. The van der Waals surface area contributed by atoms with Gasteiger partial charge in [0.15, 0.2) is 11.3 Å². The van der Waals surface area contributed by atoms with Crippen molar-refractivity contribution in [1.29, 1.82) is 0 Å². The zero-order chi connectivity index (χ0) is 37.4. The fraction of sp³-hybridized carbons (Fsp3) is 0.467. The molecule has 0 amide bonds. The van der Waals surface area contributed by atoms with Crippen LogP contribution in [0, 0.1) is 0 Å². The van der Waals surface area contributed by atoms with Crippen molar-refractivity contribution < 1.29 is 23.5 Å². The van der Waals surface area contributed by atoms with Gasteiger partial charge in [0.1, 0.15) is 17.3 Å². The van der Waals surface area contributed by atoms with E-state index in [2.05, 4.69) is 13.8 Å². The van der Waals surface area contributed by atoms with Crippen molar-refractivity contribution in [2.24, 2.45) is 4.99 Å². The molecule has 1 aliphatic carbocycles. The van der Waals surface area contributed by atoms with Gasteiger partial charge in [0, 0.05) is 49.1 Å². The number of anilines is 1. The maximum Gasteiger partial charge on any atom is 0.338 e. The van der Waals surface area contributed by atoms with Crippen molar-refractivity contribution in [2.75, 3.05) is 25.6 Å². The molecule has 8 nitrogen and oxygen atoms in total. The fourth-order valence-corrected chi connectivity index (χ4v) is 6.66. The summed E-state index contributed by atoms with van der Waals surface area (Å²) in [4.78, 5) is 37.0. The first-order chi connectivity index (χ1) is 25.9. The Morgan fingerprint density at radius 1 is 0.774 bits per heavy atom. The summed E-state index contributed by atoms with van der Waals surface area (Å²) in [5, 5.41) is 2.71. The average Bonchev–Trinajstić information content (AvgIpc) is 3.17. The van der Waals surface area contributed by atoms with Gasteiger partial charge >= 0.3 is 11.9 Å². The van der Waals surface area contributed by atoms with E-state index < -0.39 is 0 Å². The fourth-order valence-electron chi connectivity index (χ4n) is 6.66. The van der Waals surface area contributed by atoms with Crippen LogP contribution in [-0.2, 0) is 14.3 Å². The molecule has 282 valence electrons. The average molecular weight is 720 g/mol. The molecule has 3 aromatic carbocycles. The Hall–Kier alpha value is -4.72. The van der Waals surface area contributed by atoms with Crippen molar-refractivity contribution in [1.82, 2.24) is 4.98 Å². The highest BCUT2D eigenvalue weighted by atomic mass is 16.5. The lowest BCUT2D eigenvalue weighted by molar-refractivity contribution is -0.150. The van der Waals surface area contributed by atoms with Crippen molar-refractivity contribution in [2.45, 2.75) is 116 Å². The van der Waals surface area contributed by atoms with Crippen LogP contribution in [-0.4, -0.2) is 43.7 Å². The number of fused-ring (bicyclic) bond motifs is 4. The van der Waals surface area contributed by atoms with Crippen LogP contribution in [0.5, 0.6) is 0 Å². The summed E-state index contributed by atoms with van der Waals surface area (Å²) in [5.41, 5.74) is 4.58. The molecule has 0 bridgehead atoms. The van der Waals surface area contributed by atoms with Crippen LogP contribution >= 0.6 is 0 Å². The summed E-state index contributed by atoms with van der Waals surface area (Å²) in [6.07, 6.45) is 15.5. The van der Waals surface area contributed by atoms with Gasteiger partial charge in [-0.15, -0.1) is 0 Å². The van der Waals surface area contributed by atoms with Gasteiger partial charge in [0.2, 0.25) is 0 Å². The van der Waals surface area contributed by atoms with E-state index in [1.807, 2.05) is 79.7 Å². The molecule has 5 rings (SSSR count). The third-order valence-electron chi connectivity index (χ3n) is 9.79. The van der Waals surface area contributed by atoms with Gasteiger partial charge in [0.05, 0.1) is 23.2 Å². The number of carbonyl (C=O) groups excluding carboxylic acids is 2. The van der Waals surface area contributed by atoms with Gasteiger partial charge in [-0.1, -0.05) is 102 Å². The van der Waals surface area contributed by atoms with E-state index in [4.69, 9.17) is 23.9 Å². The normalized spacial score (nSPS) is 11.9. The number of hydrogen-bond donors (Lipinski definition) is 0. The number of carbonyl (C=O) groups is 2. The summed E-state index contributed by atoms with van der Waals surface area (Å²) in [5.74, 6) is 0.316. The van der Waals surface area contributed by atoms with Crippen LogP contribution in [0.1, 0.15) is 121 Å². The van der Waals surface area contributed by atoms with Gasteiger partial charge in [-0.3, -0.25) is 4.79 Å². The summed E-state index contributed by atoms with van der Waals surface area (Å²) in [6.45, 7) is 4.77. The molecular formula is C45H57N3O5. The second-order valence-corrected chi connectivity index (χ2v) is 14.3. The third-order valence-corrected chi connectivity index (χ3v) is 9.79. The maximum absolute atomic E-state index is 12.7. The Labute approximate surface area is 315 Å². The van der Waals surface area contributed by atoms with Crippen molar-refractivity contribution in [3.63, 3.8) is 0 Å². The minimum atomic E-state index is -0.317. The summed E-state index contributed by atoms with van der Waals surface area (Å²) in [7, 11) is 4.00. The topological polar surface area (TPSA) is 94.2 Å². The van der Waals surface area contributed by atoms with Gasteiger partial charge in [0.25, 0.3) is 0 Å². The van der Waals surface area contributed by atoms with Crippen molar-refractivity contribution >= 4 is 45.2 Å². The molecule has 2 aliphatic rings. The zero-order valence-electron chi connectivity index (χ0n) is 32.2.